The fraction of sp³-hybridized carbons (Fsp3) is 0. The zero-order valence-corrected chi connectivity index (χ0v) is 8.67. The maximum atomic E-state index is 13.0. The van der Waals surface area contributed by atoms with E-state index in [1.807, 2.05) is 0 Å². The minimum absolute atomic E-state index is 0.348. The summed E-state index contributed by atoms with van der Waals surface area (Å²) < 4.78 is 18.3. The van der Waals surface area contributed by atoms with E-state index in [9.17, 15) is 14.5 Å². The minimum atomic E-state index is -0.579. The Hall–Kier alpha value is -2.43. The van der Waals surface area contributed by atoms with E-state index in [0.29, 0.717) is 17.1 Å². The van der Waals surface area contributed by atoms with Crippen LogP contribution in [0.25, 0.3) is 17.4 Å². The summed E-state index contributed by atoms with van der Waals surface area (Å²) in [5, 5.41) is 10.1. The summed E-state index contributed by atoms with van der Waals surface area (Å²) in [6, 6.07) is 9.15. The lowest BCUT2D eigenvalue weighted by Gasteiger charge is -1.95. The largest absolute Gasteiger partial charge is 0.457 e. The van der Waals surface area contributed by atoms with Gasteiger partial charge in [-0.3, -0.25) is 10.1 Å². The lowest BCUT2D eigenvalue weighted by molar-refractivity contribution is -0.401. The molecule has 2 aromatic rings. The number of halogens is 1. The normalized spacial score (nSPS) is 10.9. The van der Waals surface area contributed by atoms with Crippen molar-refractivity contribution in [3.8, 4) is 11.3 Å². The Bertz CT molecular complexity index is 575. The molecule has 0 amide bonds. The second-order valence-corrected chi connectivity index (χ2v) is 3.31. The smallest absolute Gasteiger partial charge is 0.238 e. The van der Waals surface area contributed by atoms with Crippen LogP contribution >= 0.6 is 0 Å². The molecule has 0 saturated carbocycles. The maximum absolute atomic E-state index is 13.0. The van der Waals surface area contributed by atoms with Gasteiger partial charge in [0.25, 0.3) is 0 Å². The van der Waals surface area contributed by atoms with Crippen LogP contribution in [0, 0.1) is 15.9 Å². The van der Waals surface area contributed by atoms with E-state index in [2.05, 4.69) is 0 Å². The second kappa shape index (κ2) is 4.61. The number of benzene rings is 1. The second-order valence-electron chi connectivity index (χ2n) is 3.31. The number of hydrogen-bond donors (Lipinski definition) is 0. The minimum Gasteiger partial charge on any atom is -0.457 e. The van der Waals surface area contributed by atoms with Crippen molar-refractivity contribution in [1.29, 1.82) is 0 Å². The van der Waals surface area contributed by atoms with Gasteiger partial charge in [-0.1, -0.05) is 12.1 Å². The Balaban J connectivity index is 2.27. The Labute approximate surface area is 96.1 Å². The van der Waals surface area contributed by atoms with Gasteiger partial charge >= 0.3 is 0 Å². The molecule has 0 atom stereocenters. The first kappa shape index (κ1) is 11.1. The Morgan fingerprint density at radius 2 is 2.12 bits per heavy atom. The van der Waals surface area contributed by atoms with Crippen molar-refractivity contribution in [2.45, 2.75) is 0 Å². The van der Waals surface area contributed by atoms with Crippen LogP contribution in [0.15, 0.2) is 47.0 Å². The number of nitrogens with zero attached hydrogens (tertiary/aromatic N) is 1. The van der Waals surface area contributed by atoms with Crippen LogP contribution in [0.3, 0.4) is 0 Å². The first-order valence-corrected chi connectivity index (χ1v) is 4.82. The summed E-state index contributed by atoms with van der Waals surface area (Å²) in [5.74, 6) is 0.453. The van der Waals surface area contributed by atoms with Gasteiger partial charge in [0.05, 0.1) is 11.0 Å². The standard InChI is InChI=1S/C12H8FNO3/c13-10-3-1-2-9(8-10)12-5-4-11(17-12)6-7-14(15)16/h1-8H/b7-6+. The predicted octanol–water partition coefficient (Wildman–Crippen LogP) is 3.33. The highest BCUT2D eigenvalue weighted by molar-refractivity contribution is 5.59. The SMILES string of the molecule is O=[N+]([O-])/C=C/c1ccc(-c2cccc(F)c2)o1. The van der Waals surface area contributed by atoms with Crippen molar-refractivity contribution in [3.05, 3.63) is 64.3 Å². The van der Waals surface area contributed by atoms with Crippen molar-refractivity contribution in [3.63, 3.8) is 0 Å². The molecule has 0 bridgehead atoms. The lowest BCUT2D eigenvalue weighted by atomic mass is 10.2. The van der Waals surface area contributed by atoms with E-state index in [1.54, 1.807) is 24.3 Å². The topological polar surface area (TPSA) is 56.3 Å². The Kier molecular flexibility index (Phi) is 3.00. The molecular weight excluding hydrogens is 225 g/mol. The molecule has 0 aliphatic heterocycles. The molecule has 0 saturated heterocycles. The molecule has 2 rings (SSSR count). The average molecular weight is 233 g/mol. The van der Waals surface area contributed by atoms with E-state index < -0.39 is 4.92 Å². The van der Waals surface area contributed by atoms with Gasteiger partial charge in [0, 0.05) is 5.56 Å². The highest BCUT2D eigenvalue weighted by Gasteiger charge is 2.04. The molecule has 0 unspecified atom stereocenters. The van der Waals surface area contributed by atoms with Crippen molar-refractivity contribution in [2.75, 3.05) is 0 Å². The van der Waals surface area contributed by atoms with Crippen LogP contribution in [-0.2, 0) is 0 Å². The van der Waals surface area contributed by atoms with Crippen LogP contribution in [0.2, 0.25) is 0 Å². The third-order valence-corrected chi connectivity index (χ3v) is 2.10. The van der Waals surface area contributed by atoms with Gasteiger partial charge < -0.3 is 4.42 Å². The van der Waals surface area contributed by atoms with E-state index in [-0.39, 0.29) is 5.82 Å². The summed E-state index contributed by atoms with van der Waals surface area (Å²) in [7, 11) is 0. The summed E-state index contributed by atoms with van der Waals surface area (Å²) in [4.78, 5) is 9.54. The highest BCUT2D eigenvalue weighted by Crippen LogP contribution is 2.23. The number of nitro groups is 1. The van der Waals surface area contributed by atoms with Crippen LogP contribution in [-0.4, -0.2) is 4.92 Å². The zero-order chi connectivity index (χ0) is 12.3. The van der Waals surface area contributed by atoms with Gasteiger partial charge in [0.1, 0.15) is 17.3 Å². The summed E-state index contributed by atoms with van der Waals surface area (Å²) in [6.45, 7) is 0. The van der Waals surface area contributed by atoms with Crippen LogP contribution in [0.5, 0.6) is 0 Å². The molecule has 1 heterocycles. The monoisotopic (exact) mass is 233 g/mol. The molecule has 0 N–H and O–H groups in total. The summed E-state index contributed by atoms with van der Waals surface area (Å²) in [6.07, 6.45) is 2.02. The molecule has 0 aliphatic rings. The fourth-order valence-electron chi connectivity index (χ4n) is 1.37. The molecule has 5 heteroatoms. The number of furan rings is 1. The first-order valence-electron chi connectivity index (χ1n) is 4.82. The lowest BCUT2D eigenvalue weighted by Crippen LogP contribution is -1.81. The van der Waals surface area contributed by atoms with E-state index in [0.717, 1.165) is 6.20 Å². The quantitative estimate of drug-likeness (QED) is 0.603. The van der Waals surface area contributed by atoms with Gasteiger partial charge in [-0.15, -0.1) is 0 Å². The summed E-state index contributed by atoms with van der Waals surface area (Å²) in [5.41, 5.74) is 0.589. The van der Waals surface area contributed by atoms with Gasteiger partial charge in [-0.25, -0.2) is 4.39 Å². The predicted molar refractivity (Wildman–Crippen MR) is 60.1 cm³/mol. The number of hydrogen-bond acceptors (Lipinski definition) is 3. The van der Waals surface area contributed by atoms with Crippen molar-refractivity contribution < 1.29 is 13.7 Å². The molecule has 1 aromatic heterocycles. The van der Waals surface area contributed by atoms with Crippen molar-refractivity contribution in [1.82, 2.24) is 0 Å². The fourth-order valence-corrected chi connectivity index (χ4v) is 1.37. The average Bonchev–Trinajstić information content (AvgIpc) is 2.75. The Morgan fingerprint density at radius 1 is 1.29 bits per heavy atom. The first-order chi connectivity index (χ1) is 8.15. The molecule has 17 heavy (non-hydrogen) atoms. The maximum Gasteiger partial charge on any atom is 0.238 e. The highest BCUT2D eigenvalue weighted by atomic mass is 19.1. The van der Waals surface area contributed by atoms with Crippen LogP contribution < -0.4 is 0 Å². The van der Waals surface area contributed by atoms with Gasteiger partial charge in [0.15, 0.2) is 0 Å². The third kappa shape index (κ3) is 2.78. The van der Waals surface area contributed by atoms with Crippen LogP contribution in [0.4, 0.5) is 4.39 Å². The van der Waals surface area contributed by atoms with Crippen molar-refractivity contribution in [2.24, 2.45) is 0 Å². The molecule has 1 aromatic carbocycles. The van der Waals surface area contributed by atoms with E-state index in [4.69, 9.17) is 4.42 Å². The van der Waals surface area contributed by atoms with Gasteiger partial charge in [-0.2, -0.15) is 0 Å². The molecule has 0 aliphatic carbocycles. The molecular formula is C12H8FNO3. The van der Waals surface area contributed by atoms with Gasteiger partial charge in [-0.05, 0) is 24.3 Å². The van der Waals surface area contributed by atoms with E-state index in [1.165, 1.54) is 18.2 Å². The third-order valence-electron chi connectivity index (χ3n) is 2.10. The summed E-state index contributed by atoms with van der Waals surface area (Å²) >= 11 is 0. The molecule has 0 fully saturated rings. The van der Waals surface area contributed by atoms with E-state index >= 15 is 0 Å². The Morgan fingerprint density at radius 3 is 2.82 bits per heavy atom. The molecule has 86 valence electrons. The molecule has 4 nitrogen and oxygen atoms in total. The molecule has 0 radical (unpaired) electrons. The van der Waals surface area contributed by atoms with Gasteiger partial charge in [0.2, 0.25) is 6.20 Å². The number of rotatable bonds is 3. The molecule has 0 spiro atoms. The van der Waals surface area contributed by atoms with Crippen LogP contribution in [0.1, 0.15) is 5.76 Å². The zero-order valence-electron chi connectivity index (χ0n) is 8.67. The van der Waals surface area contributed by atoms with Crippen molar-refractivity contribution >= 4 is 6.08 Å².